The van der Waals surface area contributed by atoms with Crippen LogP contribution in [-0.2, 0) is 11.3 Å². The Kier molecular flexibility index (Phi) is 4.03. The summed E-state index contributed by atoms with van der Waals surface area (Å²) in [6.45, 7) is 4.12. The second kappa shape index (κ2) is 6.44. The van der Waals surface area contributed by atoms with Crippen LogP contribution in [0.5, 0.6) is 0 Å². The van der Waals surface area contributed by atoms with Gasteiger partial charge in [0.1, 0.15) is 6.33 Å². The Morgan fingerprint density at radius 2 is 2.07 bits per heavy atom. The van der Waals surface area contributed by atoms with Gasteiger partial charge in [-0.15, -0.1) is 0 Å². The number of fused-ring (bicyclic) bond motifs is 1. The van der Waals surface area contributed by atoms with E-state index in [1.165, 1.54) is 30.1 Å². The molecule has 1 N–H and O–H groups in total. The molecule has 0 aromatic carbocycles. The normalized spacial score (nSPS) is 27.0. The lowest BCUT2D eigenvalue weighted by Gasteiger charge is -2.42. The van der Waals surface area contributed by atoms with Crippen molar-refractivity contribution in [1.29, 1.82) is 0 Å². The lowest BCUT2D eigenvalue weighted by atomic mass is 9.77. The first-order chi connectivity index (χ1) is 13.1. The molecule has 8 heteroatoms. The zero-order chi connectivity index (χ0) is 18.4. The number of likely N-dealkylation sites (tertiary alicyclic amines) is 2. The van der Waals surface area contributed by atoms with E-state index < -0.39 is 0 Å². The maximum Gasteiger partial charge on any atom is 0.274 e. The maximum atomic E-state index is 13.2. The highest BCUT2D eigenvalue weighted by Crippen LogP contribution is 2.41. The van der Waals surface area contributed by atoms with Gasteiger partial charge >= 0.3 is 0 Å². The third-order valence-corrected chi connectivity index (χ3v) is 6.67. The molecule has 1 unspecified atom stereocenters. The molecule has 2 aromatic heterocycles. The largest absolute Gasteiger partial charge is 0.342 e. The van der Waals surface area contributed by atoms with Crippen LogP contribution in [0.25, 0.3) is 5.78 Å². The van der Waals surface area contributed by atoms with Crippen molar-refractivity contribution in [2.75, 3.05) is 26.2 Å². The van der Waals surface area contributed by atoms with E-state index in [1.54, 1.807) is 6.07 Å². The van der Waals surface area contributed by atoms with Crippen molar-refractivity contribution in [3.05, 3.63) is 28.4 Å². The molecular formula is C19H26N6O2. The number of H-pyrrole nitrogens is 1. The van der Waals surface area contributed by atoms with Gasteiger partial charge < -0.3 is 4.90 Å². The van der Waals surface area contributed by atoms with Crippen LogP contribution in [0.1, 0.15) is 44.2 Å². The average molecular weight is 370 g/mol. The predicted molar refractivity (Wildman–Crippen MR) is 99.1 cm³/mol. The van der Waals surface area contributed by atoms with Gasteiger partial charge in [-0.25, -0.2) is 9.97 Å². The first-order valence-corrected chi connectivity index (χ1v) is 10.1. The van der Waals surface area contributed by atoms with Gasteiger partial charge in [0.05, 0.1) is 11.1 Å². The summed E-state index contributed by atoms with van der Waals surface area (Å²) >= 11 is 0. The van der Waals surface area contributed by atoms with Crippen molar-refractivity contribution in [2.24, 2.45) is 11.3 Å². The first-order valence-electron chi connectivity index (χ1n) is 10.1. The number of carbonyl (C=O) groups is 1. The summed E-state index contributed by atoms with van der Waals surface area (Å²) in [5, 5.41) is 2.76. The van der Waals surface area contributed by atoms with E-state index in [0.29, 0.717) is 18.2 Å². The first kappa shape index (κ1) is 16.9. The van der Waals surface area contributed by atoms with Crippen molar-refractivity contribution in [1.82, 2.24) is 29.4 Å². The molecule has 144 valence electrons. The summed E-state index contributed by atoms with van der Waals surface area (Å²) in [4.78, 5) is 38.3. The van der Waals surface area contributed by atoms with E-state index in [-0.39, 0.29) is 11.0 Å². The number of piperidine rings is 1. The Labute approximate surface area is 157 Å². The van der Waals surface area contributed by atoms with E-state index >= 15 is 0 Å². The van der Waals surface area contributed by atoms with E-state index in [2.05, 4.69) is 24.9 Å². The number of amides is 1. The number of hydrogen-bond donors (Lipinski definition) is 1. The lowest BCUT2D eigenvalue weighted by molar-refractivity contribution is -0.146. The molecule has 1 saturated carbocycles. The van der Waals surface area contributed by atoms with Crippen LogP contribution in [0.4, 0.5) is 0 Å². The van der Waals surface area contributed by atoms with E-state index in [1.807, 2.05) is 0 Å². The molecule has 8 nitrogen and oxygen atoms in total. The van der Waals surface area contributed by atoms with Gasteiger partial charge in [-0.05, 0) is 44.6 Å². The van der Waals surface area contributed by atoms with Crippen molar-refractivity contribution in [2.45, 2.75) is 45.1 Å². The van der Waals surface area contributed by atoms with Crippen LogP contribution < -0.4 is 5.56 Å². The van der Waals surface area contributed by atoms with Gasteiger partial charge in [0.2, 0.25) is 5.91 Å². The fourth-order valence-electron chi connectivity index (χ4n) is 4.96. The fraction of sp³-hybridized carbons (Fsp3) is 0.684. The third kappa shape index (κ3) is 2.96. The molecule has 27 heavy (non-hydrogen) atoms. The van der Waals surface area contributed by atoms with E-state index in [9.17, 15) is 9.59 Å². The summed E-state index contributed by atoms with van der Waals surface area (Å²) in [6.07, 6.45) is 8.34. The molecule has 2 aliphatic heterocycles. The number of nitrogens with one attached hydrogen (secondary N) is 1. The van der Waals surface area contributed by atoms with Gasteiger partial charge in [-0.1, -0.05) is 6.42 Å². The monoisotopic (exact) mass is 370 g/mol. The zero-order valence-corrected chi connectivity index (χ0v) is 15.6. The van der Waals surface area contributed by atoms with Gasteiger partial charge in [0.25, 0.3) is 11.3 Å². The Morgan fingerprint density at radius 1 is 1.19 bits per heavy atom. The fourth-order valence-corrected chi connectivity index (χ4v) is 4.96. The van der Waals surface area contributed by atoms with Crippen molar-refractivity contribution < 1.29 is 4.79 Å². The molecular weight excluding hydrogens is 344 g/mol. The number of carbonyl (C=O) groups excluding carboxylic acids is 1. The number of hydrogen-bond acceptors (Lipinski definition) is 5. The topological polar surface area (TPSA) is 86.6 Å². The summed E-state index contributed by atoms with van der Waals surface area (Å²) in [7, 11) is 0. The highest BCUT2D eigenvalue weighted by atomic mass is 16.2. The van der Waals surface area contributed by atoms with Gasteiger partial charge in [0, 0.05) is 32.2 Å². The molecule has 0 radical (unpaired) electrons. The maximum absolute atomic E-state index is 13.2. The average Bonchev–Trinajstić information content (AvgIpc) is 3.23. The second-order valence-corrected chi connectivity index (χ2v) is 8.50. The van der Waals surface area contributed by atoms with Crippen molar-refractivity contribution in [3.63, 3.8) is 0 Å². The van der Waals surface area contributed by atoms with Gasteiger partial charge in [-0.3, -0.25) is 19.6 Å². The summed E-state index contributed by atoms with van der Waals surface area (Å²) in [5.74, 6) is 1.48. The number of nitrogens with zero attached hydrogens (tertiary/aromatic N) is 5. The Morgan fingerprint density at radius 3 is 2.89 bits per heavy atom. The van der Waals surface area contributed by atoms with Crippen LogP contribution in [0.3, 0.4) is 0 Å². The predicted octanol–water partition coefficient (Wildman–Crippen LogP) is 1.03. The number of aromatic nitrogens is 4. The molecule has 4 heterocycles. The van der Waals surface area contributed by atoms with E-state index in [0.717, 1.165) is 57.1 Å². The molecule has 0 bridgehead atoms. The zero-order valence-electron chi connectivity index (χ0n) is 15.6. The third-order valence-electron chi connectivity index (χ3n) is 6.67. The van der Waals surface area contributed by atoms with Crippen LogP contribution in [-0.4, -0.2) is 61.5 Å². The lowest BCUT2D eigenvalue weighted by Crippen LogP contribution is -2.51. The standard InChI is InChI=1S/C19H26N6O2/c26-16-9-15(22-18-20-13-21-25(16)18)11-23-8-6-19(12-23)5-2-7-24(17(19)27)10-14-3-1-4-14/h9,13-14H,1-8,10-12H2,(H,20,21,22). The Balaban J connectivity index is 1.29. The van der Waals surface area contributed by atoms with Gasteiger partial charge in [0.15, 0.2) is 0 Å². The minimum absolute atomic E-state index is 0.151. The molecule has 1 spiro atoms. The molecule has 1 aliphatic carbocycles. The smallest absolute Gasteiger partial charge is 0.274 e. The number of rotatable bonds is 4. The highest BCUT2D eigenvalue weighted by molar-refractivity contribution is 5.84. The molecule has 3 aliphatic rings. The van der Waals surface area contributed by atoms with Crippen molar-refractivity contribution in [3.8, 4) is 0 Å². The summed E-state index contributed by atoms with van der Waals surface area (Å²) in [6, 6.07) is 1.56. The minimum Gasteiger partial charge on any atom is -0.342 e. The summed E-state index contributed by atoms with van der Waals surface area (Å²) in [5.41, 5.74) is 0.341. The van der Waals surface area contributed by atoms with Gasteiger partial charge in [-0.2, -0.15) is 4.52 Å². The molecule has 2 aromatic rings. The Hall–Kier alpha value is -2.22. The van der Waals surface area contributed by atoms with Crippen LogP contribution in [0.2, 0.25) is 0 Å². The Bertz CT molecular complexity index is 916. The highest BCUT2D eigenvalue weighted by Gasteiger charge is 2.48. The molecule has 2 saturated heterocycles. The molecule has 3 fully saturated rings. The molecule has 5 rings (SSSR count). The van der Waals surface area contributed by atoms with Crippen LogP contribution >= 0.6 is 0 Å². The van der Waals surface area contributed by atoms with E-state index in [4.69, 9.17) is 0 Å². The SMILES string of the molecule is O=C1N(CC2CCC2)CCCC12CCN(Cc1cc(=O)n3[nH]cnc3n1)C2. The van der Waals surface area contributed by atoms with Crippen molar-refractivity contribution >= 4 is 11.7 Å². The molecule has 1 atom stereocenters. The number of aromatic amines is 1. The molecule has 1 amide bonds. The summed E-state index contributed by atoms with van der Waals surface area (Å²) < 4.78 is 1.33. The van der Waals surface area contributed by atoms with Crippen LogP contribution in [0, 0.1) is 11.3 Å². The van der Waals surface area contributed by atoms with Crippen LogP contribution in [0.15, 0.2) is 17.2 Å². The minimum atomic E-state index is -0.229. The quantitative estimate of drug-likeness (QED) is 0.869. The second-order valence-electron chi connectivity index (χ2n) is 8.50.